The summed E-state index contributed by atoms with van der Waals surface area (Å²) < 4.78 is 3.96. The summed E-state index contributed by atoms with van der Waals surface area (Å²) in [7, 11) is 0. The smallest absolute Gasteiger partial charge is 0.234 e. The monoisotopic (exact) mass is 415 g/mol. The van der Waals surface area contributed by atoms with Gasteiger partial charge < -0.3 is 0 Å². The van der Waals surface area contributed by atoms with Crippen LogP contribution in [0.4, 0.5) is 0 Å². The molecule has 0 aliphatic heterocycles. The van der Waals surface area contributed by atoms with Crippen LogP contribution in [0, 0.1) is 0 Å². The molecule has 0 aromatic carbocycles. The molecule has 0 radical (unpaired) electrons. The van der Waals surface area contributed by atoms with Gasteiger partial charge in [0.1, 0.15) is 22.1 Å². The van der Waals surface area contributed by atoms with Crippen LogP contribution in [0.2, 0.25) is 0 Å². The number of hydrogen-bond acceptors (Lipinski definition) is 7. The molecule has 0 fully saturated rings. The second kappa shape index (κ2) is 6.35. The zero-order valence-corrected chi connectivity index (χ0v) is 16.5. The maximum atomic E-state index is 5.05. The predicted octanol–water partition coefficient (Wildman–Crippen LogP) is 3.65. The number of fused-ring (bicyclic) bond motifs is 6. The van der Waals surface area contributed by atoms with Gasteiger partial charge in [-0.2, -0.15) is 0 Å². The third-order valence-electron chi connectivity index (χ3n) is 5.47. The molecule has 0 aliphatic rings. The molecule has 7 heterocycles. The lowest BCUT2D eigenvalue weighted by atomic mass is 10.3. The molecule has 0 atom stereocenters. The Kier molecular flexibility index (Phi) is 3.36. The van der Waals surface area contributed by atoms with Gasteiger partial charge >= 0.3 is 0 Å². The maximum Gasteiger partial charge on any atom is 0.234 e. The Morgan fingerprint density at radius 1 is 0.438 bits per heavy atom. The summed E-state index contributed by atoms with van der Waals surface area (Å²) in [6, 6.07) is 13.4. The minimum Gasteiger partial charge on any atom is -0.275 e. The summed E-state index contributed by atoms with van der Waals surface area (Å²) in [5, 5.41) is 0. The van der Waals surface area contributed by atoms with Crippen molar-refractivity contribution < 1.29 is 0 Å². The summed E-state index contributed by atoms with van der Waals surface area (Å²) in [4.78, 5) is 32.2. The van der Waals surface area contributed by atoms with E-state index in [2.05, 4.69) is 36.0 Å². The van der Waals surface area contributed by atoms with Gasteiger partial charge in [-0.25, -0.2) is 24.9 Å². The Bertz CT molecular complexity index is 1640. The first-order chi connectivity index (χ1) is 15.9. The Labute approximate surface area is 180 Å². The van der Waals surface area contributed by atoms with E-state index in [-0.39, 0.29) is 0 Å². The fourth-order valence-electron chi connectivity index (χ4n) is 4.21. The van der Waals surface area contributed by atoms with E-state index in [4.69, 9.17) is 4.98 Å². The molecule has 150 valence electrons. The molecule has 9 heteroatoms. The molecule has 0 spiro atoms. The van der Waals surface area contributed by atoms with E-state index < -0.39 is 0 Å². The van der Waals surface area contributed by atoms with Crippen LogP contribution in [0.5, 0.6) is 0 Å². The zero-order chi connectivity index (χ0) is 21.1. The van der Waals surface area contributed by atoms with Crippen molar-refractivity contribution >= 4 is 44.1 Å². The molecule has 7 rings (SSSR count). The van der Waals surface area contributed by atoms with Crippen molar-refractivity contribution in [2.45, 2.75) is 0 Å². The molecule has 0 saturated carbocycles. The van der Waals surface area contributed by atoms with Crippen LogP contribution in [0.3, 0.4) is 0 Å². The third-order valence-corrected chi connectivity index (χ3v) is 5.47. The lowest BCUT2D eigenvalue weighted by Crippen LogP contribution is -2.01. The first-order valence-corrected chi connectivity index (χ1v) is 10.0. The molecule has 0 unspecified atom stereocenters. The standard InChI is InChI=1S/C23H13N9/c1-5-14-18(24-7-1)20-16(31(14)22-26-9-3-10-27-22)13-17-21(30-20)19-15(6-2-8-25-19)32(17)23-28-11-4-12-29-23/h1-13H. The van der Waals surface area contributed by atoms with E-state index in [0.29, 0.717) is 11.9 Å². The summed E-state index contributed by atoms with van der Waals surface area (Å²) in [6.07, 6.45) is 10.4. The van der Waals surface area contributed by atoms with Crippen LogP contribution in [0.1, 0.15) is 0 Å². The van der Waals surface area contributed by atoms with Gasteiger partial charge in [-0.1, -0.05) is 0 Å². The van der Waals surface area contributed by atoms with Gasteiger partial charge in [-0.3, -0.25) is 19.1 Å². The molecule has 7 aromatic heterocycles. The van der Waals surface area contributed by atoms with Crippen LogP contribution >= 0.6 is 0 Å². The van der Waals surface area contributed by atoms with Gasteiger partial charge in [0.25, 0.3) is 0 Å². The maximum absolute atomic E-state index is 5.05. The molecular weight excluding hydrogens is 402 g/mol. The molecule has 0 aliphatic carbocycles. The highest BCUT2D eigenvalue weighted by atomic mass is 15.2. The fourth-order valence-corrected chi connectivity index (χ4v) is 4.21. The van der Waals surface area contributed by atoms with Crippen LogP contribution < -0.4 is 0 Å². The molecular formula is C23H13N9. The Hall–Kier alpha value is -4.79. The van der Waals surface area contributed by atoms with E-state index in [9.17, 15) is 0 Å². The molecule has 0 bridgehead atoms. The van der Waals surface area contributed by atoms with Crippen molar-refractivity contribution in [2.75, 3.05) is 0 Å². The Morgan fingerprint density at radius 3 is 1.34 bits per heavy atom. The highest BCUT2D eigenvalue weighted by molar-refractivity contribution is 6.13. The average Bonchev–Trinajstić information content (AvgIpc) is 3.36. The Balaban J connectivity index is 1.71. The van der Waals surface area contributed by atoms with Gasteiger partial charge in [-0.05, 0) is 42.5 Å². The van der Waals surface area contributed by atoms with Crippen LogP contribution in [-0.2, 0) is 0 Å². The molecule has 7 aromatic rings. The van der Waals surface area contributed by atoms with E-state index >= 15 is 0 Å². The van der Waals surface area contributed by atoms with Gasteiger partial charge in [-0.15, -0.1) is 0 Å². The SMILES string of the molecule is c1cnc(-n2c3cccnc3c3nc4c5ncccc5n(-c5ncccn5)c4cc32)nc1. The van der Waals surface area contributed by atoms with Crippen molar-refractivity contribution in [3.05, 3.63) is 79.6 Å². The third kappa shape index (κ3) is 2.24. The lowest BCUT2D eigenvalue weighted by molar-refractivity contribution is 0.979. The van der Waals surface area contributed by atoms with E-state index in [1.54, 1.807) is 49.3 Å². The quantitative estimate of drug-likeness (QED) is 0.425. The normalized spacial score (nSPS) is 11.8. The summed E-state index contributed by atoms with van der Waals surface area (Å²) in [6.45, 7) is 0. The second-order valence-electron chi connectivity index (χ2n) is 7.23. The Morgan fingerprint density at radius 2 is 0.875 bits per heavy atom. The van der Waals surface area contributed by atoms with E-state index in [1.807, 2.05) is 33.4 Å². The highest BCUT2D eigenvalue weighted by Gasteiger charge is 2.21. The molecule has 32 heavy (non-hydrogen) atoms. The van der Waals surface area contributed by atoms with Crippen molar-refractivity contribution in [3.63, 3.8) is 0 Å². The number of pyridine rings is 3. The van der Waals surface area contributed by atoms with Gasteiger partial charge in [0.05, 0.1) is 22.1 Å². The number of aromatic nitrogens is 9. The topological polar surface area (TPSA) is 100 Å². The second-order valence-corrected chi connectivity index (χ2v) is 7.23. The van der Waals surface area contributed by atoms with Gasteiger partial charge in [0, 0.05) is 37.2 Å². The molecule has 9 nitrogen and oxygen atoms in total. The minimum atomic E-state index is 0.554. The van der Waals surface area contributed by atoms with Crippen molar-refractivity contribution in [3.8, 4) is 11.9 Å². The van der Waals surface area contributed by atoms with Crippen molar-refractivity contribution in [1.29, 1.82) is 0 Å². The molecule has 0 N–H and O–H groups in total. The van der Waals surface area contributed by atoms with Crippen LogP contribution in [0.15, 0.2) is 79.6 Å². The first-order valence-electron chi connectivity index (χ1n) is 10.0. The van der Waals surface area contributed by atoms with Gasteiger partial charge in [0.15, 0.2) is 0 Å². The highest BCUT2D eigenvalue weighted by Crippen LogP contribution is 2.34. The summed E-state index contributed by atoms with van der Waals surface area (Å²) in [5.74, 6) is 1.11. The van der Waals surface area contributed by atoms with Crippen molar-refractivity contribution in [1.82, 2.24) is 44.0 Å². The van der Waals surface area contributed by atoms with E-state index in [1.165, 1.54) is 0 Å². The van der Waals surface area contributed by atoms with Crippen LogP contribution in [-0.4, -0.2) is 44.0 Å². The average molecular weight is 415 g/mol. The van der Waals surface area contributed by atoms with E-state index in [0.717, 1.165) is 44.1 Å². The zero-order valence-electron chi connectivity index (χ0n) is 16.5. The summed E-state index contributed by atoms with van der Waals surface area (Å²) >= 11 is 0. The number of nitrogens with zero attached hydrogens (tertiary/aromatic N) is 9. The lowest BCUT2D eigenvalue weighted by Gasteiger charge is -2.06. The van der Waals surface area contributed by atoms with Crippen molar-refractivity contribution in [2.24, 2.45) is 0 Å². The number of rotatable bonds is 2. The number of hydrogen-bond donors (Lipinski definition) is 0. The largest absolute Gasteiger partial charge is 0.275 e. The predicted molar refractivity (Wildman–Crippen MR) is 120 cm³/mol. The summed E-state index contributed by atoms with van der Waals surface area (Å²) in [5.41, 5.74) is 6.55. The minimum absolute atomic E-state index is 0.554. The van der Waals surface area contributed by atoms with Gasteiger partial charge in [0.2, 0.25) is 11.9 Å². The first kappa shape index (κ1) is 16.9. The fraction of sp³-hybridized carbons (Fsp3) is 0. The molecule has 0 saturated heterocycles. The van der Waals surface area contributed by atoms with Crippen LogP contribution in [0.25, 0.3) is 56.0 Å². The molecule has 0 amide bonds.